The van der Waals surface area contributed by atoms with Gasteiger partial charge in [-0.1, -0.05) is 20.8 Å². The van der Waals surface area contributed by atoms with Crippen LogP contribution in [0.1, 0.15) is 78.6 Å². The number of epoxide rings is 1. The standard InChI is InChI=1S/C25H40O4/c1-14(5-10-20(27)28-4)18-8-9-19-17-7-6-15-13-16(26)11-12-24(15,2)21(17)22-23(29-22)25(18,19)3/h14-19,21-23,26H,5-13H2,1-4H3/t14-,15-,16-,17-,18+,19-,21+,22-,23+,24-,25+/m0/s1. The number of rotatable bonds is 4. The van der Waals surface area contributed by atoms with Gasteiger partial charge in [0.25, 0.3) is 0 Å². The van der Waals surface area contributed by atoms with Gasteiger partial charge in [0.15, 0.2) is 0 Å². The lowest BCUT2D eigenvalue weighted by molar-refractivity contribution is -0.141. The number of hydrogen-bond donors (Lipinski definition) is 1. The Kier molecular flexibility index (Phi) is 4.87. The predicted octanol–water partition coefficient (Wildman–Crippen LogP) is 4.58. The minimum Gasteiger partial charge on any atom is -0.469 e. The van der Waals surface area contributed by atoms with Crippen molar-refractivity contribution in [2.75, 3.05) is 7.11 Å². The van der Waals surface area contributed by atoms with Crippen molar-refractivity contribution in [1.29, 1.82) is 0 Å². The summed E-state index contributed by atoms with van der Waals surface area (Å²) in [4.78, 5) is 11.7. The van der Waals surface area contributed by atoms with E-state index in [-0.39, 0.29) is 17.5 Å². The van der Waals surface area contributed by atoms with Gasteiger partial charge in [0, 0.05) is 11.8 Å². The van der Waals surface area contributed by atoms with Crippen LogP contribution in [0.3, 0.4) is 0 Å². The van der Waals surface area contributed by atoms with Gasteiger partial charge in [-0.3, -0.25) is 4.79 Å². The zero-order valence-electron chi connectivity index (χ0n) is 18.7. The lowest BCUT2D eigenvalue weighted by Crippen LogP contribution is -2.57. The van der Waals surface area contributed by atoms with Gasteiger partial charge in [0.1, 0.15) is 0 Å². The summed E-state index contributed by atoms with van der Waals surface area (Å²) in [6, 6.07) is 0. The van der Waals surface area contributed by atoms with Crippen LogP contribution in [0.5, 0.6) is 0 Å². The van der Waals surface area contributed by atoms with Crippen LogP contribution >= 0.6 is 0 Å². The van der Waals surface area contributed by atoms with Crippen molar-refractivity contribution < 1.29 is 19.4 Å². The fraction of sp³-hybridized carbons (Fsp3) is 0.960. The van der Waals surface area contributed by atoms with Crippen LogP contribution in [-0.2, 0) is 14.3 Å². The first-order valence-electron chi connectivity index (χ1n) is 12.2. The normalized spacial score (nSPS) is 53.8. The molecule has 11 atom stereocenters. The molecule has 1 N–H and O–H groups in total. The van der Waals surface area contributed by atoms with Crippen LogP contribution in [-0.4, -0.2) is 36.5 Å². The Bertz CT molecular complexity index is 663. The summed E-state index contributed by atoms with van der Waals surface area (Å²) in [6.07, 6.45) is 10.7. The summed E-state index contributed by atoms with van der Waals surface area (Å²) in [5.74, 6) is 4.06. The Morgan fingerprint density at radius 3 is 2.76 bits per heavy atom. The van der Waals surface area contributed by atoms with Crippen molar-refractivity contribution in [2.24, 2.45) is 46.3 Å². The summed E-state index contributed by atoms with van der Waals surface area (Å²) in [6.45, 7) is 7.42. The van der Waals surface area contributed by atoms with E-state index >= 15 is 0 Å². The number of carbonyl (C=O) groups excluding carboxylic acids is 1. The Labute approximate surface area is 176 Å². The maximum Gasteiger partial charge on any atom is 0.305 e. The van der Waals surface area contributed by atoms with Crippen molar-refractivity contribution in [3.8, 4) is 0 Å². The van der Waals surface area contributed by atoms with E-state index < -0.39 is 0 Å². The van der Waals surface area contributed by atoms with Crippen LogP contribution in [0.25, 0.3) is 0 Å². The highest BCUT2D eigenvalue weighted by Crippen LogP contribution is 2.73. The zero-order valence-corrected chi connectivity index (χ0v) is 18.7. The van der Waals surface area contributed by atoms with E-state index in [4.69, 9.17) is 9.47 Å². The summed E-state index contributed by atoms with van der Waals surface area (Å²) >= 11 is 0. The molecule has 0 aromatic carbocycles. The van der Waals surface area contributed by atoms with E-state index in [0.717, 1.165) is 31.1 Å². The number of esters is 1. The Hall–Kier alpha value is -0.610. The smallest absolute Gasteiger partial charge is 0.305 e. The molecule has 4 heteroatoms. The number of hydrogen-bond acceptors (Lipinski definition) is 4. The molecule has 0 bridgehead atoms. The fourth-order valence-electron chi connectivity index (χ4n) is 9.21. The summed E-state index contributed by atoms with van der Waals surface area (Å²) in [5, 5.41) is 10.3. The monoisotopic (exact) mass is 404 g/mol. The summed E-state index contributed by atoms with van der Waals surface area (Å²) in [7, 11) is 1.49. The third-order valence-corrected chi connectivity index (χ3v) is 10.7. The van der Waals surface area contributed by atoms with E-state index in [2.05, 4.69) is 20.8 Å². The quantitative estimate of drug-likeness (QED) is 0.550. The number of fused-ring (bicyclic) bond motifs is 8. The molecular weight excluding hydrogens is 364 g/mol. The molecule has 0 aromatic rings. The molecule has 0 amide bonds. The number of methoxy groups -OCH3 is 1. The molecule has 164 valence electrons. The van der Waals surface area contributed by atoms with Gasteiger partial charge in [-0.15, -0.1) is 0 Å². The molecule has 0 radical (unpaired) electrons. The van der Waals surface area contributed by atoms with E-state index in [0.29, 0.717) is 47.7 Å². The SMILES string of the molecule is COC(=O)CC[C@H](C)[C@H]1CC[C@H]2[C@@H]3CC[C@H]4C[C@@H](O)CC[C@]4(C)[C@H]3[C@@H]3O[C@H]3[C@]12C. The molecule has 4 aliphatic carbocycles. The fourth-order valence-corrected chi connectivity index (χ4v) is 9.21. The molecule has 4 saturated carbocycles. The third kappa shape index (κ3) is 2.87. The lowest BCUT2D eigenvalue weighted by atomic mass is 9.44. The molecule has 0 spiro atoms. The van der Waals surface area contributed by atoms with Crippen LogP contribution < -0.4 is 0 Å². The van der Waals surface area contributed by atoms with Gasteiger partial charge in [-0.05, 0) is 92.3 Å². The highest BCUT2D eigenvalue weighted by molar-refractivity contribution is 5.69. The first kappa shape index (κ1) is 20.3. The second-order valence-electron chi connectivity index (χ2n) is 11.7. The number of aliphatic hydroxyl groups excluding tert-OH is 1. The van der Waals surface area contributed by atoms with E-state index in [9.17, 15) is 9.90 Å². The van der Waals surface area contributed by atoms with Gasteiger partial charge in [-0.25, -0.2) is 0 Å². The molecule has 0 aromatic heterocycles. The molecule has 5 rings (SSSR count). The molecular formula is C25H40O4. The minimum atomic E-state index is -0.0825. The van der Waals surface area contributed by atoms with Crippen molar-refractivity contribution >= 4 is 5.97 Å². The average Bonchev–Trinajstić information content (AvgIpc) is 3.42. The summed E-state index contributed by atoms with van der Waals surface area (Å²) < 4.78 is 11.5. The highest BCUT2D eigenvalue weighted by Gasteiger charge is 2.73. The van der Waals surface area contributed by atoms with Crippen molar-refractivity contribution in [1.82, 2.24) is 0 Å². The Morgan fingerprint density at radius 1 is 1.21 bits per heavy atom. The molecule has 1 heterocycles. The second-order valence-corrected chi connectivity index (χ2v) is 11.7. The zero-order chi connectivity index (χ0) is 20.6. The summed E-state index contributed by atoms with van der Waals surface area (Å²) in [5.41, 5.74) is 0.635. The number of carbonyl (C=O) groups is 1. The van der Waals surface area contributed by atoms with E-state index in [1.807, 2.05) is 0 Å². The molecule has 5 aliphatic rings. The lowest BCUT2D eigenvalue weighted by Gasteiger charge is -2.59. The van der Waals surface area contributed by atoms with Gasteiger partial charge in [-0.2, -0.15) is 0 Å². The molecule has 5 fully saturated rings. The molecule has 4 nitrogen and oxygen atoms in total. The largest absolute Gasteiger partial charge is 0.469 e. The van der Waals surface area contributed by atoms with Gasteiger partial charge >= 0.3 is 5.97 Å². The predicted molar refractivity (Wildman–Crippen MR) is 111 cm³/mol. The first-order chi connectivity index (χ1) is 13.8. The van der Waals surface area contributed by atoms with Crippen molar-refractivity contribution in [3.63, 3.8) is 0 Å². The van der Waals surface area contributed by atoms with E-state index in [1.54, 1.807) is 0 Å². The van der Waals surface area contributed by atoms with Crippen molar-refractivity contribution in [2.45, 2.75) is 96.9 Å². The highest BCUT2D eigenvalue weighted by atomic mass is 16.6. The van der Waals surface area contributed by atoms with Crippen molar-refractivity contribution in [3.05, 3.63) is 0 Å². The molecule has 0 unspecified atom stereocenters. The first-order valence-corrected chi connectivity index (χ1v) is 12.2. The maximum absolute atomic E-state index is 11.7. The van der Waals surface area contributed by atoms with Crippen LogP contribution in [0, 0.1) is 46.3 Å². The van der Waals surface area contributed by atoms with E-state index in [1.165, 1.54) is 39.2 Å². The van der Waals surface area contributed by atoms with Crippen LogP contribution in [0.4, 0.5) is 0 Å². The molecule has 1 saturated heterocycles. The number of aliphatic hydroxyl groups is 1. The Balaban J connectivity index is 1.37. The maximum atomic E-state index is 11.7. The van der Waals surface area contributed by atoms with Crippen LogP contribution in [0.2, 0.25) is 0 Å². The third-order valence-electron chi connectivity index (χ3n) is 10.7. The second kappa shape index (κ2) is 6.95. The van der Waals surface area contributed by atoms with Gasteiger partial charge in [0.05, 0.1) is 25.4 Å². The number of ether oxygens (including phenoxy) is 2. The average molecular weight is 405 g/mol. The molecule has 1 aliphatic heterocycles. The Morgan fingerprint density at radius 2 is 2.00 bits per heavy atom. The van der Waals surface area contributed by atoms with Crippen LogP contribution in [0.15, 0.2) is 0 Å². The van der Waals surface area contributed by atoms with Gasteiger partial charge in [0.2, 0.25) is 0 Å². The van der Waals surface area contributed by atoms with Gasteiger partial charge < -0.3 is 14.6 Å². The molecule has 29 heavy (non-hydrogen) atoms. The topological polar surface area (TPSA) is 59.1 Å². The minimum absolute atomic E-state index is 0.0773.